The smallest absolute Gasteiger partial charge is 0.233 e. The zero-order valence-corrected chi connectivity index (χ0v) is 16.5. The molecule has 0 saturated carbocycles. The van der Waals surface area contributed by atoms with Gasteiger partial charge in [-0.15, -0.1) is 23.7 Å². The van der Waals surface area contributed by atoms with Crippen molar-refractivity contribution in [2.24, 2.45) is 11.1 Å². The molecule has 0 bridgehead atoms. The minimum Gasteiger partial charge on any atom is -0.486 e. The van der Waals surface area contributed by atoms with E-state index in [1.165, 1.54) is 11.3 Å². The van der Waals surface area contributed by atoms with Crippen LogP contribution in [0.2, 0.25) is 0 Å². The van der Waals surface area contributed by atoms with Crippen molar-refractivity contribution in [2.75, 3.05) is 25.1 Å². The van der Waals surface area contributed by atoms with Crippen molar-refractivity contribution in [2.45, 2.75) is 26.7 Å². The molecule has 0 atom stereocenters. The Balaban J connectivity index is 0.00000243. The average molecular weight is 398 g/mol. The standard InChI is InChI=1S/C18H23N3O3S.ClH/c1-3-18(4-2,11-19)16(22)21-17-20-13(10-25-17)12-5-6-14-15(9-12)24-8-7-23-14;/h5-6,9-10H,3-4,7-8,11,19H2,1-2H3,(H,20,21,22);1H. The number of anilines is 1. The van der Waals surface area contributed by atoms with Crippen molar-refractivity contribution >= 4 is 34.8 Å². The van der Waals surface area contributed by atoms with Gasteiger partial charge in [-0.25, -0.2) is 4.98 Å². The number of carbonyl (C=O) groups excluding carboxylic acids is 1. The summed E-state index contributed by atoms with van der Waals surface area (Å²) in [7, 11) is 0. The zero-order chi connectivity index (χ0) is 17.9. The predicted molar refractivity (Wildman–Crippen MR) is 106 cm³/mol. The van der Waals surface area contributed by atoms with E-state index in [1.807, 2.05) is 37.4 Å². The normalized spacial score (nSPS) is 13.0. The third kappa shape index (κ3) is 3.95. The van der Waals surface area contributed by atoms with Gasteiger partial charge in [0.25, 0.3) is 0 Å². The van der Waals surface area contributed by atoms with Crippen LogP contribution in [0.1, 0.15) is 26.7 Å². The number of aromatic nitrogens is 1. The summed E-state index contributed by atoms with van der Waals surface area (Å²) in [6.45, 7) is 5.41. The fourth-order valence-electron chi connectivity index (χ4n) is 2.85. The van der Waals surface area contributed by atoms with Gasteiger partial charge < -0.3 is 20.5 Å². The monoisotopic (exact) mass is 397 g/mol. The summed E-state index contributed by atoms with van der Waals surface area (Å²) in [6, 6.07) is 5.74. The highest BCUT2D eigenvalue weighted by atomic mass is 35.5. The molecule has 3 rings (SSSR count). The molecule has 2 aromatic rings. The maximum atomic E-state index is 12.6. The number of fused-ring (bicyclic) bond motifs is 1. The second-order valence-electron chi connectivity index (χ2n) is 6.04. The molecule has 0 fully saturated rings. The molecule has 8 heteroatoms. The largest absolute Gasteiger partial charge is 0.486 e. The summed E-state index contributed by atoms with van der Waals surface area (Å²) in [5, 5.41) is 5.42. The Morgan fingerprint density at radius 2 is 1.96 bits per heavy atom. The van der Waals surface area contributed by atoms with Crippen LogP contribution in [0.25, 0.3) is 11.3 Å². The van der Waals surface area contributed by atoms with E-state index in [1.54, 1.807) is 0 Å². The molecule has 142 valence electrons. The Hall–Kier alpha value is -1.83. The SMILES string of the molecule is CCC(CC)(CN)C(=O)Nc1nc(-c2ccc3c(c2)OCCO3)cs1.Cl. The fraction of sp³-hybridized carbons (Fsp3) is 0.444. The van der Waals surface area contributed by atoms with Crippen molar-refractivity contribution in [3.05, 3.63) is 23.6 Å². The molecule has 0 unspecified atom stereocenters. The number of thiazole rings is 1. The van der Waals surface area contributed by atoms with E-state index in [4.69, 9.17) is 15.2 Å². The molecule has 3 N–H and O–H groups in total. The van der Waals surface area contributed by atoms with Crippen LogP contribution in [0, 0.1) is 5.41 Å². The van der Waals surface area contributed by atoms with E-state index in [-0.39, 0.29) is 18.3 Å². The number of nitrogens with one attached hydrogen (secondary N) is 1. The summed E-state index contributed by atoms with van der Waals surface area (Å²) in [5.41, 5.74) is 7.02. The fourth-order valence-corrected chi connectivity index (χ4v) is 3.56. The van der Waals surface area contributed by atoms with Gasteiger partial charge in [0.2, 0.25) is 5.91 Å². The van der Waals surface area contributed by atoms with Crippen molar-refractivity contribution in [1.29, 1.82) is 0 Å². The number of hydrogen-bond acceptors (Lipinski definition) is 6. The third-order valence-corrected chi connectivity index (χ3v) is 5.55. The molecule has 1 aromatic carbocycles. The third-order valence-electron chi connectivity index (χ3n) is 4.79. The van der Waals surface area contributed by atoms with Gasteiger partial charge in [-0.2, -0.15) is 0 Å². The van der Waals surface area contributed by atoms with E-state index in [0.29, 0.717) is 37.7 Å². The van der Waals surface area contributed by atoms with Gasteiger partial charge in [0.1, 0.15) is 13.2 Å². The van der Waals surface area contributed by atoms with Gasteiger partial charge in [0, 0.05) is 17.5 Å². The number of nitrogens with two attached hydrogens (primary N) is 1. The summed E-state index contributed by atoms with van der Waals surface area (Å²) in [4.78, 5) is 17.1. The van der Waals surface area contributed by atoms with Crippen LogP contribution >= 0.6 is 23.7 Å². The second kappa shape index (κ2) is 8.70. The molecule has 1 amide bonds. The van der Waals surface area contributed by atoms with E-state index in [0.717, 1.165) is 22.8 Å². The van der Waals surface area contributed by atoms with Crippen LogP contribution in [-0.2, 0) is 4.79 Å². The van der Waals surface area contributed by atoms with Crippen molar-refractivity contribution < 1.29 is 14.3 Å². The lowest BCUT2D eigenvalue weighted by Crippen LogP contribution is -2.41. The lowest BCUT2D eigenvalue weighted by molar-refractivity contribution is -0.125. The number of benzene rings is 1. The molecule has 6 nitrogen and oxygen atoms in total. The summed E-state index contributed by atoms with van der Waals surface area (Å²) >= 11 is 1.40. The van der Waals surface area contributed by atoms with Crippen LogP contribution in [0.5, 0.6) is 11.5 Å². The van der Waals surface area contributed by atoms with E-state index >= 15 is 0 Å². The molecule has 0 saturated heterocycles. The summed E-state index contributed by atoms with van der Waals surface area (Å²) in [5.74, 6) is 1.40. The Morgan fingerprint density at radius 3 is 2.62 bits per heavy atom. The highest BCUT2D eigenvalue weighted by molar-refractivity contribution is 7.14. The Kier molecular flexibility index (Phi) is 6.86. The molecular formula is C18H24ClN3O3S. The molecule has 0 aliphatic carbocycles. The molecule has 26 heavy (non-hydrogen) atoms. The number of nitrogens with zero attached hydrogens (tertiary/aromatic N) is 1. The lowest BCUT2D eigenvalue weighted by Gasteiger charge is -2.27. The molecule has 1 aliphatic heterocycles. The molecule has 0 radical (unpaired) electrons. The Labute approximate surface area is 163 Å². The van der Waals surface area contributed by atoms with Crippen LogP contribution in [-0.4, -0.2) is 30.6 Å². The maximum Gasteiger partial charge on any atom is 0.233 e. The Bertz CT molecular complexity index is 754. The number of hydrogen-bond donors (Lipinski definition) is 2. The van der Waals surface area contributed by atoms with Crippen LogP contribution < -0.4 is 20.5 Å². The van der Waals surface area contributed by atoms with Gasteiger partial charge in [-0.05, 0) is 31.0 Å². The first-order valence-corrected chi connectivity index (χ1v) is 9.37. The Morgan fingerprint density at radius 1 is 1.27 bits per heavy atom. The predicted octanol–water partition coefficient (Wildman–Crippen LogP) is 3.71. The number of halogens is 1. The van der Waals surface area contributed by atoms with Gasteiger partial charge in [0.05, 0.1) is 11.1 Å². The first-order chi connectivity index (χ1) is 12.1. The van der Waals surface area contributed by atoms with Crippen molar-refractivity contribution in [3.63, 3.8) is 0 Å². The molecule has 1 aromatic heterocycles. The minimum atomic E-state index is -0.539. The summed E-state index contributed by atoms with van der Waals surface area (Å²) in [6.07, 6.45) is 1.40. The van der Waals surface area contributed by atoms with Crippen molar-refractivity contribution in [3.8, 4) is 22.8 Å². The zero-order valence-electron chi connectivity index (χ0n) is 14.9. The first-order valence-electron chi connectivity index (χ1n) is 8.49. The number of carbonyl (C=O) groups is 1. The number of rotatable bonds is 6. The average Bonchev–Trinajstić information content (AvgIpc) is 3.12. The van der Waals surface area contributed by atoms with Crippen LogP contribution in [0.15, 0.2) is 23.6 Å². The second-order valence-corrected chi connectivity index (χ2v) is 6.90. The van der Waals surface area contributed by atoms with Gasteiger partial charge in [-0.1, -0.05) is 13.8 Å². The minimum absolute atomic E-state index is 0. The first kappa shape index (κ1) is 20.5. The highest BCUT2D eigenvalue weighted by Crippen LogP contribution is 2.35. The van der Waals surface area contributed by atoms with Gasteiger partial charge >= 0.3 is 0 Å². The number of amides is 1. The number of ether oxygens (including phenoxy) is 2. The van der Waals surface area contributed by atoms with Gasteiger partial charge in [-0.3, -0.25) is 4.79 Å². The van der Waals surface area contributed by atoms with Crippen LogP contribution in [0.3, 0.4) is 0 Å². The molecule has 2 heterocycles. The quantitative estimate of drug-likeness (QED) is 0.775. The molecule has 1 aliphatic rings. The van der Waals surface area contributed by atoms with E-state index < -0.39 is 5.41 Å². The molecule has 0 spiro atoms. The van der Waals surface area contributed by atoms with E-state index in [2.05, 4.69) is 10.3 Å². The van der Waals surface area contributed by atoms with E-state index in [9.17, 15) is 4.79 Å². The molecular weight excluding hydrogens is 374 g/mol. The van der Waals surface area contributed by atoms with Gasteiger partial charge in [0.15, 0.2) is 16.6 Å². The highest BCUT2D eigenvalue weighted by Gasteiger charge is 2.33. The van der Waals surface area contributed by atoms with Crippen molar-refractivity contribution in [1.82, 2.24) is 4.98 Å². The van der Waals surface area contributed by atoms with Crippen LogP contribution in [0.4, 0.5) is 5.13 Å². The maximum absolute atomic E-state index is 12.6. The topological polar surface area (TPSA) is 86.5 Å². The summed E-state index contributed by atoms with van der Waals surface area (Å²) < 4.78 is 11.1. The lowest BCUT2D eigenvalue weighted by atomic mass is 9.81.